The smallest absolute Gasteiger partial charge is 0.255 e. The maximum atomic E-state index is 12.1. The zero-order chi connectivity index (χ0) is 15.5. The third-order valence-corrected chi connectivity index (χ3v) is 3.66. The predicted molar refractivity (Wildman–Crippen MR) is 80.8 cm³/mol. The van der Waals surface area contributed by atoms with Crippen LogP contribution < -0.4 is 10.1 Å². The lowest BCUT2D eigenvalue weighted by Crippen LogP contribution is -2.24. The summed E-state index contributed by atoms with van der Waals surface area (Å²) in [6.45, 7) is 3.00. The number of hydrogen-bond donors (Lipinski definition) is 1. The molecule has 1 aliphatic heterocycles. The van der Waals surface area contributed by atoms with Crippen molar-refractivity contribution in [1.29, 1.82) is 5.26 Å². The van der Waals surface area contributed by atoms with Gasteiger partial charge in [0.25, 0.3) is 5.91 Å². The molecular formula is C17H15N3O2. The van der Waals surface area contributed by atoms with Crippen molar-refractivity contribution < 1.29 is 9.53 Å². The second kappa shape index (κ2) is 5.86. The van der Waals surface area contributed by atoms with Crippen LogP contribution in [0.5, 0.6) is 5.75 Å². The minimum absolute atomic E-state index is 0.105. The number of aromatic nitrogens is 1. The van der Waals surface area contributed by atoms with E-state index in [4.69, 9.17) is 10.00 Å². The second-order valence-electron chi connectivity index (χ2n) is 5.22. The third kappa shape index (κ3) is 2.77. The maximum Gasteiger partial charge on any atom is 0.255 e. The lowest BCUT2D eigenvalue weighted by Gasteiger charge is -2.12. The first-order valence-corrected chi connectivity index (χ1v) is 7.07. The molecule has 5 heteroatoms. The molecule has 1 aromatic heterocycles. The molecule has 1 aromatic carbocycles. The van der Waals surface area contributed by atoms with E-state index in [2.05, 4.69) is 10.3 Å². The van der Waals surface area contributed by atoms with E-state index in [9.17, 15) is 4.79 Å². The first kappa shape index (κ1) is 14.1. The van der Waals surface area contributed by atoms with E-state index in [1.165, 1.54) is 0 Å². The van der Waals surface area contributed by atoms with Crippen LogP contribution in [0.2, 0.25) is 0 Å². The third-order valence-electron chi connectivity index (χ3n) is 3.66. The number of benzene rings is 1. The Morgan fingerprint density at radius 2 is 2.27 bits per heavy atom. The van der Waals surface area contributed by atoms with E-state index >= 15 is 0 Å². The first-order chi connectivity index (χ1) is 10.7. The molecule has 2 aromatic rings. The molecule has 0 aliphatic carbocycles. The van der Waals surface area contributed by atoms with Crippen molar-refractivity contribution in [2.24, 2.45) is 0 Å². The summed E-state index contributed by atoms with van der Waals surface area (Å²) < 4.78 is 5.60. The highest BCUT2D eigenvalue weighted by Crippen LogP contribution is 2.26. The Morgan fingerprint density at radius 1 is 1.41 bits per heavy atom. The minimum Gasteiger partial charge on any atom is -0.491 e. The van der Waals surface area contributed by atoms with Crippen molar-refractivity contribution in [1.82, 2.24) is 10.3 Å². The van der Waals surface area contributed by atoms with Crippen molar-refractivity contribution in [2.45, 2.75) is 13.3 Å². The molecule has 5 nitrogen and oxygen atoms in total. The van der Waals surface area contributed by atoms with E-state index in [0.29, 0.717) is 36.6 Å². The molecule has 0 unspecified atom stereocenters. The average Bonchev–Trinajstić information content (AvgIpc) is 2.70. The number of rotatable bonds is 2. The number of pyridine rings is 1. The zero-order valence-corrected chi connectivity index (χ0v) is 12.2. The van der Waals surface area contributed by atoms with Crippen LogP contribution in [0.3, 0.4) is 0 Å². The van der Waals surface area contributed by atoms with Crippen LogP contribution in [-0.2, 0) is 6.42 Å². The summed E-state index contributed by atoms with van der Waals surface area (Å²) in [5.74, 6) is 0.529. The van der Waals surface area contributed by atoms with Crippen molar-refractivity contribution in [3.8, 4) is 11.8 Å². The van der Waals surface area contributed by atoms with Gasteiger partial charge in [0.05, 0.1) is 12.1 Å². The van der Waals surface area contributed by atoms with Gasteiger partial charge in [0, 0.05) is 6.20 Å². The van der Waals surface area contributed by atoms with Crippen molar-refractivity contribution in [3.05, 3.63) is 58.4 Å². The molecule has 110 valence electrons. The van der Waals surface area contributed by atoms with E-state index in [0.717, 1.165) is 16.7 Å². The summed E-state index contributed by atoms with van der Waals surface area (Å²) in [5, 5.41) is 11.6. The van der Waals surface area contributed by atoms with Crippen LogP contribution in [-0.4, -0.2) is 24.0 Å². The fraction of sp³-hybridized carbons (Fsp3) is 0.235. The summed E-state index contributed by atoms with van der Waals surface area (Å²) in [4.78, 5) is 16.1. The number of nitrogens with zero attached hydrogens (tertiary/aromatic N) is 2. The fourth-order valence-electron chi connectivity index (χ4n) is 2.45. The highest BCUT2D eigenvalue weighted by molar-refractivity contribution is 5.97. The summed E-state index contributed by atoms with van der Waals surface area (Å²) >= 11 is 0. The largest absolute Gasteiger partial charge is 0.491 e. The van der Waals surface area contributed by atoms with Gasteiger partial charge in [0.2, 0.25) is 0 Å². The summed E-state index contributed by atoms with van der Waals surface area (Å²) in [6.07, 6.45) is 2.35. The quantitative estimate of drug-likeness (QED) is 0.918. The number of nitriles is 1. The van der Waals surface area contributed by atoms with Crippen LogP contribution in [0.15, 0.2) is 30.5 Å². The van der Waals surface area contributed by atoms with E-state index < -0.39 is 0 Å². The fourth-order valence-corrected chi connectivity index (χ4v) is 2.45. The van der Waals surface area contributed by atoms with Gasteiger partial charge in [-0.1, -0.05) is 6.07 Å². The molecule has 0 radical (unpaired) electrons. The Bertz CT molecular complexity index is 761. The van der Waals surface area contributed by atoms with Gasteiger partial charge < -0.3 is 10.1 Å². The lowest BCUT2D eigenvalue weighted by atomic mass is 9.98. The number of carbonyl (C=O) groups is 1. The molecule has 1 aliphatic rings. The zero-order valence-electron chi connectivity index (χ0n) is 12.2. The summed E-state index contributed by atoms with van der Waals surface area (Å²) in [7, 11) is 0. The van der Waals surface area contributed by atoms with Gasteiger partial charge in [-0.05, 0) is 48.2 Å². The summed E-state index contributed by atoms with van der Waals surface area (Å²) in [5.41, 5.74) is 4.08. The molecule has 0 fully saturated rings. The van der Waals surface area contributed by atoms with Gasteiger partial charge in [-0.15, -0.1) is 0 Å². The van der Waals surface area contributed by atoms with Crippen LogP contribution in [0.1, 0.15) is 32.7 Å². The number of aryl methyl sites for hydroxylation is 1. The Labute approximate surface area is 128 Å². The maximum absolute atomic E-state index is 12.1. The molecule has 0 saturated carbocycles. The Kier molecular flexibility index (Phi) is 3.75. The molecule has 22 heavy (non-hydrogen) atoms. The van der Waals surface area contributed by atoms with Crippen LogP contribution in [0.4, 0.5) is 0 Å². The van der Waals surface area contributed by atoms with E-state index in [1.54, 1.807) is 12.3 Å². The number of nitrogens with one attached hydrogen (secondary N) is 1. The number of carbonyl (C=O) groups excluding carboxylic acids is 1. The number of ether oxygens (including phenoxy) is 1. The minimum atomic E-state index is -0.105. The van der Waals surface area contributed by atoms with Crippen molar-refractivity contribution in [3.63, 3.8) is 0 Å². The standard InChI is InChI=1S/C17H15N3O2/c1-11-6-16-15(17(21)19-4-5-22-16)8-13(11)7-12-2-3-14(9-18)20-10-12/h2-3,6,8,10H,4-5,7H2,1H3,(H,19,21). The molecule has 2 heterocycles. The molecule has 3 rings (SSSR count). The Balaban J connectivity index is 1.93. The second-order valence-corrected chi connectivity index (χ2v) is 5.22. The number of hydrogen-bond acceptors (Lipinski definition) is 4. The van der Waals surface area contributed by atoms with Crippen LogP contribution in [0.25, 0.3) is 0 Å². The highest BCUT2D eigenvalue weighted by Gasteiger charge is 2.18. The molecular weight excluding hydrogens is 278 g/mol. The normalized spacial score (nSPS) is 13.4. The molecule has 1 N–H and O–H groups in total. The molecule has 0 atom stereocenters. The van der Waals surface area contributed by atoms with Crippen LogP contribution in [0, 0.1) is 18.3 Å². The number of fused-ring (bicyclic) bond motifs is 1. The SMILES string of the molecule is Cc1cc2c(cc1Cc1ccc(C#N)nc1)C(=O)NCCO2. The monoisotopic (exact) mass is 293 g/mol. The average molecular weight is 293 g/mol. The first-order valence-electron chi connectivity index (χ1n) is 7.07. The Morgan fingerprint density at radius 3 is 3.00 bits per heavy atom. The lowest BCUT2D eigenvalue weighted by molar-refractivity contribution is 0.0957. The van der Waals surface area contributed by atoms with Gasteiger partial charge in [0.1, 0.15) is 24.1 Å². The van der Waals surface area contributed by atoms with Gasteiger partial charge in [-0.3, -0.25) is 4.79 Å². The van der Waals surface area contributed by atoms with Crippen molar-refractivity contribution in [2.75, 3.05) is 13.2 Å². The molecule has 1 amide bonds. The Hall–Kier alpha value is -2.87. The predicted octanol–water partition coefficient (Wildman–Crippen LogP) is 1.97. The topological polar surface area (TPSA) is 75.0 Å². The number of amides is 1. The van der Waals surface area contributed by atoms with Gasteiger partial charge >= 0.3 is 0 Å². The van der Waals surface area contributed by atoms with Gasteiger partial charge in [0.15, 0.2) is 0 Å². The molecule has 0 saturated heterocycles. The highest BCUT2D eigenvalue weighted by atomic mass is 16.5. The van der Waals surface area contributed by atoms with E-state index in [1.807, 2.05) is 31.2 Å². The van der Waals surface area contributed by atoms with Crippen LogP contribution >= 0.6 is 0 Å². The summed E-state index contributed by atoms with van der Waals surface area (Å²) in [6, 6.07) is 9.37. The van der Waals surface area contributed by atoms with Gasteiger partial charge in [-0.2, -0.15) is 5.26 Å². The van der Waals surface area contributed by atoms with Crippen molar-refractivity contribution >= 4 is 5.91 Å². The van der Waals surface area contributed by atoms with E-state index in [-0.39, 0.29) is 5.91 Å². The molecule has 0 bridgehead atoms. The molecule has 0 spiro atoms. The van der Waals surface area contributed by atoms with Gasteiger partial charge in [-0.25, -0.2) is 4.98 Å².